The first-order valence-electron chi connectivity index (χ1n) is 18.1. The van der Waals surface area contributed by atoms with Gasteiger partial charge in [-0.25, -0.2) is 4.79 Å². The van der Waals surface area contributed by atoms with Crippen LogP contribution in [0.5, 0.6) is 0 Å². The molecule has 0 saturated heterocycles. The zero-order valence-electron chi connectivity index (χ0n) is 32.5. The summed E-state index contributed by atoms with van der Waals surface area (Å²) < 4.78 is 23.6. The van der Waals surface area contributed by atoms with E-state index in [1.807, 2.05) is 0 Å². The zero-order valence-corrected chi connectivity index (χ0v) is 31.3. The molecule has 0 saturated carbocycles. The van der Waals surface area contributed by atoms with E-state index in [1.165, 1.54) is 18.0 Å². The Morgan fingerprint density at radius 3 is 2.19 bits per heavy atom. The maximum Gasteiger partial charge on any atom is 0.407 e. The van der Waals surface area contributed by atoms with Gasteiger partial charge in [-0.1, -0.05) is 48.5 Å². The Kier molecular flexibility index (Phi) is 15.1. The van der Waals surface area contributed by atoms with Crippen molar-refractivity contribution in [3.8, 4) is 0 Å². The van der Waals surface area contributed by atoms with Gasteiger partial charge < -0.3 is 47.1 Å². The van der Waals surface area contributed by atoms with Gasteiger partial charge in [0, 0.05) is 44.3 Å². The minimum Gasteiger partial charge on any atom is -0.481 e. The number of primary amides is 1. The number of aromatic amines is 1. The van der Waals surface area contributed by atoms with E-state index in [1.54, 1.807) is 81.6 Å². The van der Waals surface area contributed by atoms with Crippen LogP contribution in [0.1, 0.15) is 53.9 Å². The number of ether oxygens (including phenoxy) is 1. The highest BCUT2D eigenvalue weighted by Gasteiger charge is 2.32. The summed E-state index contributed by atoms with van der Waals surface area (Å²) in [6, 6.07) is 8.18. The summed E-state index contributed by atoms with van der Waals surface area (Å²) in [5, 5.41) is 22.0. The molecule has 292 valence electrons. The number of nitrogens with two attached hydrogens (primary N) is 1. The molecule has 3 rings (SSSR count). The van der Waals surface area contributed by atoms with Gasteiger partial charge in [-0.3, -0.25) is 28.8 Å². The van der Waals surface area contributed by atoms with Gasteiger partial charge >= 0.3 is 12.1 Å². The molecule has 0 aliphatic heterocycles. The van der Waals surface area contributed by atoms with Gasteiger partial charge in [0.15, 0.2) is 0 Å². The van der Waals surface area contributed by atoms with Crippen LogP contribution in [-0.2, 0) is 46.3 Å². The molecular formula is C37H49N7O9S. The van der Waals surface area contributed by atoms with Crippen LogP contribution in [0.4, 0.5) is 4.79 Å². The Morgan fingerprint density at radius 1 is 0.907 bits per heavy atom. The monoisotopic (exact) mass is 771 g/mol. The first-order chi connectivity index (χ1) is 26.3. The topological polar surface area (TPSA) is 251 Å². The average molecular weight is 772 g/mol. The predicted molar refractivity (Wildman–Crippen MR) is 203 cm³/mol. The highest BCUT2D eigenvalue weighted by molar-refractivity contribution is 7.98. The van der Waals surface area contributed by atoms with E-state index in [0.29, 0.717) is 16.5 Å². The molecule has 3 aromatic rings. The van der Waals surface area contributed by atoms with Gasteiger partial charge in [0.25, 0.3) is 0 Å². The molecule has 2 aromatic carbocycles. The molecule has 1 heterocycles. The van der Waals surface area contributed by atoms with Crippen LogP contribution in [0.2, 0.25) is 0 Å². The first-order valence-corrected chi connectivity index (χ1v) is 18.5. The molecule has 0 radical (unpaired) electrons. The Balaban J connectivity index is 1.88. The Hall–Kier alpha value is -5.58. The third kappa shape index (κ3) is 14.4. The number of aliphatic carboxylic acids is 1. The lowest BCUT2D eigenvalue weighted by molar-refractivity contribution is -0.141. The number of para-hydroxylation sites is 1. The summed E-state index contributed by atoms with van der Waals surface area (Å²) in [6.07, 6.45) is -0.804. The van der Waals surface area contributed by atoms with Gasteiger partial charge in [0.2, 0.25) is 29.5 Å². The number of H-pyrrole nitrogens is 1. The third-order valence-electron chi connectivity index (χ3n) is 7.65. The predicted octanol–water partition coefficient (Wildman–Crippen LogP) is 1.52. The van der Waals surface area contributed by atoms with Gasteiger partial charge in [0.05, 0.1) is 7.79 Å². The van der Waals surface area contributed by atoms with Crippen LogP contribution in [-0.4, -0.2) is 100.0 Å². The van der Waals surface area contributed by atoms with E-state index in [2.05, 4.69) is 31.6 Å². The van der Waals surface area contributed by atoms with Crippen molar-refractivity contribution in [2.75, 3.05) is 18.6 Å². The smallest absolute Gasteiger partial charge is 0.407 e. The molecule has 0 aliphatic rings. The Labute approximate surface area is 320 Å². The van der Waals surface area contributed by atoms with Gasteiger partial charge in [-0.05, 0) is 56.4 Å². The number of rotatable bonds is 20. The fourth-order valence-electron chi connectivity index (χ4n) is 5.07. The molecule has 0 aliphatic carbocycles. The number of carboxylic acids is 1. The van der Waals surface area contributed by atoms with E-state index in [9.17, 15) is 40.0 Å². The summed E-state index contributed by atoms with van der Waals surface area (Å²) in [6.45, 7) is 4.74. The minimum absolute atomic E-state index is 0.0128. The SMILES string of the molecule is [3H]C(c1c[nH]c2ccccc12)[C@@]([3H])(NC(=O)CCNC(=O)OC(C)(C)C)C(=O)N[C@@H](CCSC)C(=O)N[C@@H](CC(=O)O)C(=O)N[C@@H](Cc1ccccc1)C(N)=O. The number of amides is 6. The molecular weight excluding hydrogens is 719 g/mol. The largest absolute Gasteiger partial charge is 0.481 e. The molecule has 1 aromatic heterocycles. The molecule has 5 atom stereocenters. The number of hydrogen-bond donors (Lipinski definition) is 8. The highest BCUT2D eigenvalue weighted by atomic mass is 32.2. The lowest BCUT2D eigenvalue weighted by atomic mass is 10.0. The number of carbonyl (C=O) groups excluding carboxylic acids is 6. The number of thioether (sulfide) groups is 1. The van der Waals surface area contributed by atoms with Crippen LogP contribution in [0.25, 0.3) is 10.9 Å². The number of carboxylic acid groups (broad SMARTS) is 1. The molecule has 0 spiro atoms. The van der Waals surface area contributed by atoms with E-state index in [4.69, 9.17) is 11.8 Å². The summed E-state index contributed by atoms with van der Waals surface area (Å²) in [4.78, 5) is 93.6. The molecule has 0 bridgehead atoms. The van der Waals surface area contributed by atoms with Crippen LogP contribution < -0.4 is 32.3 Å². The van der Waals surface area contributed by atoms with Crippen molar-refractivity contribution < 1.29 is 46.1 Å². The van der Waals surface area contributed by atoms with E-state index >= 15 is 0 Å². The summed E-state index contributed by atoms with van der Waals surface area (Å²) in [5.41, 5.74) is 6.15. The number of carbonyl (C=O) groups is 7. The van der Waals surface area contributed by atoms with Crippen molar-refractivity contribution in [1.29, 1.82) is 0 Å². The van der Waals surface area contributed by atoms with Crippen LogP contribution in [0, 0.1) is 0 Å². The number of aromatic nitrogens is 1. The van der Waals surface area contributed by atoms with Crippen LogP contribution in [0.3, 0.4) is 0 Å². The number of fused-ring (bicyclic) bond motifs is 1. The zero-order chi connectivity index (χ0) is 41.6. The minimum atomic E-state index is -2.77. The van der Waals surface area contributed by atoms with Crippen LogP contribution in [0.15, 0.2) is 60.8 Å². The Bertz CT molecular complexity index is 1870. The summed E-state index contributed by atoms with van der Waals surface area (Å²) in [5.74, 6) is -6.25. The quantitative estimate of drug-likeness (QED) is 0.0823. The standard InChI is InChI=1S/C37H49N7O9S/c1-37(2,3)53-36(52)39-16-14-30(45)41-28(19-23-21-40-25-13-9-8-12-24(23)25)34(50)42-26(15-17-54-4)33(49)44-29(20-31(46)47)35(51)43-27(32(38)48)18-22-10-6-5-7-11-22/h5-13,21,26-29,40H,14-20H2,1-4H3,(H2,38,48)(H,39,52)(H,41,45)(H,42,50)(H,43,51)(H,44,49)(H,46,47)/t26-,27-,28+,29-/m0/s1/i19T,28T/t19?,26-,27-,28+,29-. The van der Waals surface area contributed by atoms with Crippen molar-refractivity contribution in [2.24, 2.45) is 5.73 Å². The second-order valence-corrected chi connectivity index (χ2v) is 14.2. The molecule has 54 heavy (non-hydrogen) atoms. The molecule has 16 nitrogen and oxygen atoms in total. The average Bonchev–Trinajstić information content (AvgIpc) is 3.55. The Morgan fingerprint density at radius 2 is 1.54 bits per heavy atom. The highest BCUT2D eigenvalue weighted by Crippen LogP contribution is 2.19. The lowest BCUT2D eigenvalue weighted by Crippen LogP contribution is -2.59. The molecule has 6 amide bonds. The van der Waals surface area contributed by atoms with Crippen molar-refractivity contribution in [2.45, 2.75) is 82.6 Å². The fourth-order valence-corrected chi connectivity index (χ4v) is 5.55. The van der Waals surface area contributed by atoms with Crippen LogP contribution >= 0.6 is 11.8 Å². The number of alkyl carbamates (subject to hydrolysis) is 1. The molecule has 1 unspecified atom stereocenters. The van der Waals surface area contributed by atoms with Crippen molar-refractivity contribution in [3.05, 3.63) is 71.9 Å². The second kappa shape index (κ2) is 20.6. The summed E-state index contributed by atoms with van der Waals surface area (Å²) >= 11 is 1.30. The number of hydrogen-bond acceptors (Lipinski definition) is 9. The maximum absolute atomic E-state index is 14.1. The van der Waals surface area contributed by atoms with Crippen molar-refractivity contribution in [3.63, 3.8) is 0 Å². The van der Waals surface area contributed by atoms with Crippen molar-refractivity contribution >= 4 is 64.3 Å². The fraction of sp³-hybridized carbons (Fsp3) is 0.432. The second-order valence-electron chi connectivity index (χ2n) is 13.2. The van der Waals surface area contributed by atoms with Crippen molar-refractivity contribution in [1.82, 2.24) is 31.6 Å². The maximum atomic E-state index is 14.1. The lowest BCUT2D eigenvalue weighted by Gasteiger charge is -2.26. The van der Waals surface area contributed by atoms with E-state index in [0.717, 1.165) is 0 Å². The number of benzene rings is 2. The first kappa shape index (κ1) is 39.6. The van der Waals surface area contributed by atoms with Gasteiger partial charge in [-0.15, -0.1) is 0 Å². The normalized spacial score (nSPS) is 15.1. The molecule has 17 heteroatoms. The summed E-state index contributed by atoms with van der Waals surface area (Å²) in [7, 11) is 0. The van der Waals surface area contributed by atoms with Gasteiger partial charge in [-0.2, -0.15) is 11.8 Å². The number of nitrogens with one attached hydrogen (secondary N) is 6. The van der Waals surface area contributed by atoms with Gasteiger partial charge in [0.1, 0.15) is 29.7 Å². The van der Waals surface area contributed by atoms with E-state index < -0.39 is 90.6 Å². The van der Waals surface area contributed by atoms with E-state index in [-0.39, 0.29) is 30.7 Å². The third-order valence-corrected chi connectivity index (χ3v) is 8.29. The molecule has 9 N–H and O–H groups in total. The molecule has 0 fully saturated rings.